The Balaban J connectivity index is 2.14. The quantitative estimate of drug-likeness (QED) is 0.566. The first-order chi connectivity index (χ1) is 14.3. The number of halogens is 1. The lowest BCUT2D eigenvalue weighted by Gasteiger charge is -2.10. The molecular weight excluding hydrogens is 297 g/mol. The number of pyridine rings is 1. The van der Waals surface area contributed by atoms with E-state index in [1.54, 1.807) is 12.3 Å². The van der Waals surface area contributed by atoms with Crippen LogP contribution in [-0.2, 0) is 7.05 Å². The second kappa shape index (κ2) is 6.56. The van der Waals surface area contributed by atoms with Gasteiger partial charge in [0.1, 0.15) is 12.9 Å². The van der Waals surface area contributed by atoms with Crippen molar-refractivity contribution in [3.05, 3.63) is 77.7 Å². The summed E-state index contributed by atoms with van der Waals surface area (Å²) >= 11 is 0. The molecule has 122 valence electrons. The number of hydrogen-bond donors (Lipinski definition) is 0. The van der Waals surface area contributed by atoms with Crippen LogP contribution < -0.4 is 4.57 Å². The van der Waals surface area contributed by atoms with Crippen molar-refractivity contribution < 1.29 is 18.6 Å². The van der Waals surface area contributed by atoms with Gasteiger partial charge >= 0.3 is 0 Å². The van der Waals surface area contributed by atoms with E-state index in [2.05, 4.69) is 0 Å². The van der Waals surface area contributed by atoms with E-state index in [9.17, 15) is 4.39 Å². The molecule has 0 saturated heterocycles. The maximum Gasteiger partial charge on any atom is 0.212 e. The second-order valence-corrected chi connectivity index (χ2v) is 5.80. The predicted molar refractivity (Wildman–Crippen MR) is 97.3 cm³/mol. The van der Waals surface area contributed by atoms with Crippen LogP contribution >= 0.6 is 0 Å². The molecule has 0 aliphatic carbocycles. The summed E-state index contributed by atoms with van der Waals surface area (Å²) in [7, 11) is 1.86. The maximum atomic E-state index is 14.6. The normalized spacial score (nSPS) is 16.9. The van der Waals surface area contributed by atoms with Crippen molar-refractivity contribution in [3.63, 3.8) is 0 Å². The minimum Gasteiger partial charge on any atom is -0.207 e. The third-order valence-electron chi connectivity index (χ3n) is 4.12. The van der Waals surface area contributed by atoms with Crippen LogP contribution in [0.25, 0.3) is 22.4 Å². The van der Waals surface area contributed by atoms with E-state index in [0.29, 0.717) is 11.1 Å². The monoisotopic (exact) mass is 327 g/mol. The zero-order valence-corrected chi connectivity index (χ0v) is 13.6. The topological polar surface area (TPSA) is 3.88 Å². The minimum atomic E-state index is -3.25. The Morgan fingerprint density at radius 2 is 1.79 bits per heavy atom. The number of benzene rings is 2. The highest BCUT2D eigenvalue weighted by Gasteiger charge is 2.15. The fourth-order valence-corrected chi connectivity index (χ4v) is 2.81. The zero-order valence-electron chi connectivity index (χ0n) is 20.6. The third kappa shape index (κ3) is 3.09. The number of aryl methyl sites for hydroxylation is 2. The number of nitrogens with zero attached hydrogens (tertiary/aromatic N) is 1. The molecule has 1 aromatic heterocycles. The lowest BCUT2D eigenvalue weighted by molar-refractivity contribution is -0.659. The first-order valence-corrected chi connectivity index (χ1v) is 7.63. The van der Waals surface area contributed by atoms with Crippen molar-refractivity contribution in [1.29, 1.82) is 0 Å². The number of rotatable bonds is 3. The average molecular weight is 327 g/mol. The smallest absolute Gasteiger partial charge is 0.207 e. The van der Waals surface area contributed by atoms with Crippen molar-refractivity contribution in [2.75, 3.05) is 0 Å². The van der Waals surface area contributed by atoms with Crippen LogP contribution in [0, 0.1) is 12.7 Å². The highest BCUT2D eigenvalue weighted by atomic mass is 19.1. The molecule has 0 radical (unpaired) electrons. The molecule has 2 aromatic carbocycles. The Kier molecular flexibility index (Phi) is 2.66. The van der Waals surface area contributed by atoms with Crippen LogP contribution in [0.3, 0.4) is 0 Å². The van der Waals surface area contributed by atoms with Gasteiger partial charge in [0.2, 0.25) is 5.69 Å². The number of aromatic nitrogens is 1. The van der Waals surface area contributed by atoms with Crippen molar-refractivity contribution in [2.24, 2.45) is 7.05 Å². The van der Waals surface area contributed by atoms with E-state index >= 15 is 0 Å². The molecule has 0 fully saturated rings. The predicted octanol–water partition coefficient (Wildman–Crippen LogP) is 5.42. The Labute approximate surface area is 153 Å². The summed E-state index contributed by atoms with van der Waals surface area (Å²) in [6, 6.07) is 15.2. The van der Waals surface area contributed by atoms with Gasteiger partial charge < -0.3 is 0 Å². The molecule has 3 aromatic rings. The van der Waals surface area contributed by atoms with Crippen molar-refractivity contribution in [1.82, 2.24) is 0 Å². The van der Waals surface area contributed by atoms with Gasteiger partial charge in [0.25, 0.3) is 0 Å². The van der Waals surface area contributed by atoms with Crippen LogP contribution in [0.4, 0.5) is 4.39 Å². The molecule has 0 atom stereocenters. The van der Waals surface area contributed by atoms with Gasteiger partial charge in [-0.15, -0.1) is 0 Å². The molecule has 1 heterocycles. The molecule has 0 aliphatic heterocycles. The van der Waals surface area contributed by atoms with Crippen LogP contribution in [0.15, 0.2) is 60.8 Å². The molecule has 3 rings (SSSR count). The fraction of sp³-hybridized carbons (Fsp3) is 0.227. The Morgan fingerprint density at radius 1 is 1.04 bits per heavy atom. The van der Waals surface area contributed by atoms with E-state index < -0.39 is 31.0 Å². The molecular formula is C22H23FN+. The first-order valence-electron chi connectivity index (χ1n) is 11.1. The highest BCUT2D eigenvalue weighted by molar-refractivity contribution is 5.66. The van der Waals surface area contributed by atoms with Gasteiger partial charge in [-0.05, 0) is 53.8 Å². The molecule has 1 nitrogen and oxygen atoms in total. The Bertz CT molecular complexity index is 1110. The maximum absolute atomic E-state index is 14.6. The first kappa shape index (κ1) is 9.73. The Morgan fingerprint density at radius 3 is 2.50 bits per heavy atom. The minimum absolute atomic E-state index is 0.424. The van der Waals surface area contributed by atoms with Gasteiger partial charge in [0.05, 0.1) is 0 Å². The molecule has 0 spiro atoms. The van der Waals surface area contributed by atoms with Gasteiger partial charge in [0, 0.05) is 26.8 Å². The summed E-state index contributed by atoms with van der Waals surface area (Å²) in [4.78, 5) is 0. The van der Waals surface area contributed by atoms with E-state index in [1.807, 2.05) is 48.9 Å². The number of hydrogen-bond acceptors (Lipinski definition) is 0. The Hall–Kier alpha value is -2.48. The van der Waals surface area contributed by atoms with E-state index in [-0.39, 0.29) is 0 Å². The molecule has 0 unspecified atom stereocenters. The molecule has 0 amide bonds. The molecule has 24 heavy (non-hydrogen) atoms. The van der Waals surface area contributed by atoms with E-state index in [4.69, 9.17) is 9.60 Å². The molecule has 0 N–H and O–H groups in total. The van der Waals surface area contributed by atoms with Gasteiger partial charge in [-0.1, -0.05) is 38.0 Å². The molecule has 0 bridgehead atoms. The summed E-state index contributed by atoms with van der Waals surface area (Å²) in [5, 5.41) is 0. The molecule has 0 aliphatic rings. The lowest BCUT2D eigenvalue weighted by Crippen LogP contribution is -2.30. The van der Waals surface area contributed by atoms with Crippen molar-refractivity contribution in [2.45, 2.75) is 26.5 Å². The lowest BCUT2D eigenvalue weighted by atomic mass is 9.97. The van der Waals surface area contributed by atoms with Gasteiger partial charge in [-0.25, -0.2) is 8.96 Å². The van der Waals surface area contributed by atoms with Crippen molar-refractivity contribution >= 4 is 0 Å². The largest absolute Gasteiger partial charge is 0.212 e. The van der Waals surface area contributed by atoms with Crippen LogP contribution in [0.5, 0.6) is 0 Å². The van der Waals surface area contributed by atoms with Crippen molar-refractivity contribution in [3.8, 4) is 22.4 Å². The second-order valence-electron chi connectivity index (χ2n) is 5.80. The molecule has 0 saturated carbocycles. The van der Waals surface area contributed by atoms with Crippen LogP contribution in [-0.4, -0.2) is 0 Å². The van der Waals surface area contributed by atoms with Gasteiger partial charge in [-0.3, -0.25) is 0 Å². The highest BCUT2D eigenvalue weighted by Crippen LogP contribution is 2.27. The zero-order chi connectivity index (χ0) is 23.2. The summed E-state index contributed by atoms with van der Waals surface area (Å²) < 4.78 is 70.7. The SMILES string of the molecule is [2H]C([2H])([2H])C([2H])(c1cc(-c2ccc(-c3ccccc3C)[n+](C)c2)ccc1F)C([2H])([2H])[2H]. The van der Waals surface area contributed by atoms with Gasteiger partial charge in [-0.2, -0.15) is 0 Å². The van der Waals surface area contributed by atoms with E-state index in [1.165, 1.54) is 6.07 Å². The van der Waals surface area contributed by atoms with Crippen LogP contribution in [0.2, 0.25) is 0 Å². The third-order valence-corrected chi connectivity index (χ3v) is 4.12. The fourth-order valence-electron chi connectivity index (χ4n) is 2.81. The average Bonchev–Trinajstić information content (AvgIpc) is 2.66. The summed E-state index contributed by atoms with van der Waals surface area (Å²) in [5.74, 6) is -4.13. The van der Waals surface area contributed by atoms with Gasteiger partial charge in [0.15, 0.2) is 6.20 Å². The van der Waals surface area contributed by atoms with Crippen LogP contribution in [0.1, 0.15) is 40.3 Å². The molecule has 2 heteroatoms. The summed E-state index contributed by atoms with van der Waals surface area (Å²) in [6.07, 6.45) is 1.80. The summed E-state index contributed by atoms with van der Waals surface area (Å²) in [6.45, 7) is -4.50. The standard InChI is InChI=1S/C22H23FN/c1-15(2)20-13-17(9-11-21(20)23)18-10-12-22(24(4)14-18)19-8-6-5-7-16(19)3/h5-15H,1-4H3/q+1/i1D3,2D3,15D. The van der Waals surface area contributed by atoms with E-state index in [0.717, 1.165) is 29.0 Å². The summed E-state index contributed by atoms with van der Waals surface area (Å²) in [5.41, 5.74) is 3.49.